The van der Waals surface area contributed by atoms with Crippen molar-refractivity contribution in [3.63, 3.8) is 0 Å². The van der Waals surface area contributed by atoms with Gasteiger partial charge < -0.3 is 9.26 Å². The molecule has 0 aliphatic carbocycles. The molecule has 31 heavy (non-hydrogen) atoms. The van der Waals surface area contributed by atoms with Gasteiger partial charge in [0.1, 0.15) is 0 Å². The Morgan fingerprint density at radius 1 is 1.00 bits per heavy atom. The molecule has 7 heteroatoms. The standard InChI is InChI=1S/C17H12F3NO3.C7H8/c1-2-23-16(22)15-12-8-7-10(9-14(12)24-21-15)11-5-3-4-6-13(11)17(18,19)20;1-7-5-3-2-4-6-7/h3-9H,2H2,1H3;2-6H,1H3. The Morgan fingerprint density at radius 3 is 2.29 bits per heavy atom. The average Bonchev–Trinajstić information content (AvgIpc) is 3.18. The number of hydrogen-bond donors (Lipinski definition) is 0. The molecule has 160 valence electrons. The number of hydrogen-bond acceptors (Lipinski definition) is 4. The van der Waals surface area contributed by atoms with Crippen molar-refractivity contribution in [2.75, 3.05) is 6.61 Å². The molecule has 0 radical (unpaired) electrons. The van der Waals surface area contributed by atoms with Crippen molar-refractivity contribution in [2.45, 2.75) is 20.0 Å². The van der Waals surface area contributed by atoms with Gasteiger partial charge in [-0.3, -0.25) is 0 Å². The van der Waals surface area contributed by atoms with Crippen molar-refractivity contribution in [2.24, 2.45) is 0 Å². The Hall–Kier alpha value is -3.61. The third-order valence-electron chi connectivity index (χ3n) is 4.42. The fourth-order valence-electron chi connectivity index (χ4n) is 2.97. The lowest BCUT2D eigenvalue weighted by molar-refractivity contribution is -0.137. The monoisotopic (exact) mass is 427 g/mol. The number of halogens is 3. The van der Waals surface area contributed by atoms with Gasteiger partial charge in [0.25, 0.3) is 0 Å². The average molecular weight is 427 g/mol. The van der Waals surface area contributed by atoms with E-state index < -0.39 is 17.7 Å². The van der Waals surface area contributed by atoms with Crippen LogP contribution in [0.4, 0.5) is 13.2 Å². The second-order valence-corrected chi connectivity index (χ2v) is 6.66. The molecule has 4 rings (SSSR count). The fraction of sp³-hybridized carbons (Fsp3) is 0.167. The van der Waals surface area contributed by atoms with Crippen LogP contribution in [-0.2, 0) is 10.9 Å². The van der Waals surface area contributed by atoms with Crippen LogP contribution in [-0.4, -0.2) is 17.7 Å². The van der Waals surface area contributed by atoms with E-state index in [1.165, 1.54) is 42.0 Å². The van der Waals surface area contributed by atoms with Crippen LogP contribution in [0.1, 0.15) is 28.5 Å². The lowest BCUT2D eigenvalue weighted by atomic mass is 9.98. The van der Waals surface area contributed by atoms with Crippen LogP contribution in [0.2, 0.25) is 0 Å². The molecule has 0 N–H and O–H groups in total. The van der Waals surface area contributed by atoms with E-state index in [0.717, 1.165) is 6.07 Å². The maximum Gasteiger partial charge on any atom is 0.417 e. The Kier molecular flexibility index (Phi) is 6.74. The van der Waals surface area contributed by atoms with Gasteiger partial charge in [-0.15, -0.1) is 0 Å². The first-order chi connectivity index (χ1) is 14.8. The van der Waals surface area contributed by atoms with Crippen LogP contribution in [0.5, 0.6) is 0 Å². The summed E-state index contributed by atoms with van der Waals surface area (Å²) < 4.78 is 49.4. The van der Waals surface area contributed by atoms with Crippen LogP contribution in [0.3, 0.4) is 0 Å². The molecule has 0 saturated heterocycles. The molecule has 1 aromatic heterocycles. The quantitative estimate of drug-likeness (QED) is 0.342. The topological polar surface area (TPSA) is 52.3 Å². The summed E-state index contributed by atoms with van der Waals surface area (Å²) in [7, 11) is 0. The Labute approximate surface area is 177 Å². The van der Waals surface area contributed by atoms with Gasteiger partial charge in [0.15, 0.2) is 11.3 Å². The zero-order chi connectivity index (χ0) is 22.4. The van der Waals surface area contributed by atoms with Gasteiger partial charge in [0, 0.05) is 0 Å². The zero-order valence-corrected chi connectivity index (χ0v) is 16.9. The Morgan fingerprint density at radius 2 is 1.68 bits per heavy atom. The minimum Gasteiger partial charge on any atom is -0.461 e. The number of alkyl halides is 3. The van der Waals surface area contributed by atoms with Crippen molar-refractivity contribution in [3.8, 4) is 11.1 Å². The van der Waals surface area contributed by atoms with Crippen LogP contribution < -0.4 is 0 Å². The number of aromatic nitrogens is 1. The van der Waals surface area contributed by atoms with Gasteiger partial charge in [0.05, 0.1) is 17.6 Å². The Balaban J connectivity index is 0.000000330. The normalized spacial score (nSPS) is 11.0. The molecule has 0 aliphatic rings. The van der Waals surface area contributed by atoms with Gasteiger partial charge in [-0.2, -0.15) is 13.2 Å². The van der Waals surface area contributed by atoms with Crippen molar-refractivity contribution in [1.82, 2.24) is 5.16 Å². The summed E-state index contributed by atoms with van der Waals surface area (Å²) in [5, 5.41) is 4.04. The maximum absolute atomic E-state index is 13.1. The number of esters is 1. The predicted octanol–water partition coefficient (Wildman–Crippen LogP) is 6.69. The van der Waals surface area contributed by atoms with E-state index in [2.05, 4.69) is 24.2 Å². The second kappa shape index (κ2) is 9.47. The molecule has 1 heterocycles. The van der Waals surface area contributed by atoms with E-state index in [1.54, 1.807) is 6.92 Å². The summed E-state index contributed by atoms with van der Waals surface area (Å²) >= 11 is 0. The fourth-order valence-corrected chi connectivity index (χ4v) is 2.97. The van der Waals surface area contributed by atoms with Crippen molar-refractivity contribution >= 4 is 16.9 Å². The lowest BCUT2D eigenvalue weighted by Crippen LogP contribution is -2.06. The smallest absolute Gasteiger partial charge is 0.417 e. The highest BCUT2D eigenvalue weighted by atomic mass is 19.4. The van der Waals surface area contributed by atoms with E-state index in [0.29, 0.717) is 10.9 Å². The molecule has 0 saturated carbocycles. The molecule has 0 atom stereocenters. The number of carbonyl (C=O) groups excluding carboxylic acids is 1. The Bertz CT molecular complexity index is 1170. The highest BCUT2D eigenvalue weighted by molar-refractivity contribution is 6.02. The van der Waals surface area contributed by atoms with Gasteiger partial charge in [-0.05, 0) is 43.2 Å². The van der Waals surface area contributed by atoms with Gasteiger partial charge >= 0.3 is 12.1 Å². The number of nitrogens with zero attached hydrogens (tertiary/aromatic N) is 1. The summed E-state index contributed by atoms with van der Waals surface area (Å²) in [6.07, 6.45) is -4.47. The third kappa shape index (κ3) is 5.31. The van der Waals surface area contributed by atoms with E-state index in [-0.39, 0.29) is 23.4 Å². The van der Waals surface area contributed by atoms with E-state index in [4.69, 9.17) is 9.26 Å². The van der Waals surface area contributed by atoms with Crippen molar-refractivity contribution in [1.29, 1.82) is 0 Å². The van der Waals surface area contributed by atoms with E-state index >= 15 is 0 Å². The zero-order valence-electron chi connectivity index (χ0n) is 16.9. The third-order valence-corrected chi connectivity index (χ3v) is 4.42. The lowest BCUT2D eigenvalue weighted by Gasteiger charge is -2.12. The number of fused-ring (bicyclic) bond motifs is 1. The molecule has 0 bridgehead atoms. The SMILES string of the molecule is CCOC(=O)c1noc2cc(-c3ccccc3C(F)(F)F)ccc12.Cc1ccccc1. The first kappa shape index (κ1) is 22.1. The molecular formula is C24H20F3NO3. The molecule has 4 nitrogen and oxygen atoms in total. The summed E-state index contributed by atoms with van der Waals surface area (Å²) in [6.45, 7) is 3.93. The van der Waals surface area contributed by atoms with Crippen molar-refractivity contribution in [3.05, 3.63) is 89.6 Å². The predicted molar refractivity (Wildman–Crippen MR) is 112 cm³/mol. The summed E-state index contributed by atoms with van der Waals surface area (Å²) in [5.41, 5.74) is 1.15. The number of carbonyl (C=O) groups is 1. The maximum atomic E-state index is 13.1. The summed E-state index contributed by atoms with van der Waals surface area (Å²) in [5.74, 6) is -0.639. The van der Waals surface area contributed by atoms with Crippen LogP contribution in [0.25, 0.3) is 22.1 Å². The number of benzene rings is 3. The van der Waals surface area contributed by atoms with E-state index in [9.17, 15) is 18.0 Å². The molecule has 0 unspecified atom stereocenters. The minimum absolute atomic E-state index is 0.00232. The first-order valence-corrected chi connectivity index (χ1v) is 9.56. The van der Waals surface area contributed by atoms with Gasteiger partial charge in [0.2, 0.25) is 0 Å². The van der Waals surface area contributed by atoms with Gasteiger partial charge in [-0.25, -0.2) is 4.79 Å². The highest BCUT2D eigenvalue weighted by Crippen LogP contribution is 2.37. The summed E-state index contributed by atoms with van der Waals surface area (Å²) in [6, 6.07) is 19.9. The molecule has 0 spiro atoms. The highest BCUT2D eigenvalue weighted by Gasteiger charge is 2.33. The molecule has 4 aromatic rings. The molecule has 0 aliphatic heterocycles. The second-order valence-electron chi connectivity index (χ2n) is 6.66. The number of ether oxygens (including phenoxy) is 1. The van der Waals surface area contributed by atoms with E-state index in [1.807, 2.05) is 18.2 Å². The van der Waals surface area contributed by atoms with Crippen molar-refractivity contribution < 1.29 is 27.2 Å². The number of aryl methyl sites for hydroxylation is 1. The molecule has 0 amide bonds. The summed E-state index contributed by atoms with van der Waals surface area (Å²) in [4.78, 5) is 11.8. The van der Waals surface area contributed by atoms with Crippen LogP contribution >= 0.6 is 0 Å². The van der Waals surface area contributed by atoms with Crippen LogP contribution in [0, 0.1) is 6.92 Å². The largest absolute Gasteiger partial charge is 0.461 e. The molecular weight excluding hydrogens is 407 g/mol. The molecule has 3 aromatic carbocycles. The minimum atomic E-state index is -4.47. The molecule has 0 fully saturated rings. The van der Waals surface area contributed by atoms with Crippen LogP contribution in [0.15, 0.2) is 77.3 Å². The van der Waals surface area contributed by atoms with Gasteiger partial charge in [-0.1, -0.05) is 65.3 Å². The number of rotatable bonds is 3. The first-order valence-electron chi connectivity index (χ1n) is 9.56.